The summed E-state index contributed by atoms with van der Waals surface area (Å²) in [6.45, 7) is 5.47. The van der Waals surface area contributed by atoms with Crippen LogP contribution in [-0.4, -0.2) is 22.1 Å². The van der Waals surface area contributed by atoms with Crippen molar-refractivity contribution in [1.29, 1.82) is 0 Å². The van der Waals surface area contributed by atoms with Crippen LogP contribution in [0.15, 0.2) is 11.0 Å². The summed E-state index contributed by atoms with van der Waals surface area (Å²) in [5.74, 6) is 0.496. The molecule has 0 aromatic heterocycles. The number of ether oxygens (including phenoxy) is 1. The van der Waals surface area contributed by atoms with Gasteiger partial charge in [0.15, 0.2) is 0 Å². The highest BCUT2D eigenvalue weighted by Crippen LogP contribution is 2.32. The molecule has 0 saturated carbocycles. The molecule has 0 radical (unpaired) electrons. The molecule has 1 aromatic carbocycles. The second kappa shape index (κ2) is 4.93. The number of benzene rings is 1. The maximum Gasteiger partial charge on any atom is 0.241 e. The lowest BCUT2D eigenvalue weighted by Crippen LogP contribution is -2.25. The molecule has 0 aliphatic rings. The van der Waals surface area contributed by atoms with Gasteiger partial charge >= 0.3 is 0 Å². The van der Waals surface area contributed by atoms with Gasteiger partial charge in [-0.05, 0) is 31.0 Å². The van der Waals surface area contributed by atoms with Crippen LogP contribution in [0.25, 0.3) is 0 Å². The van der Waals surface area contributed by atoms with Crippen molar-refractivity contribution in [2.75, 3.05) is 19.4 Å². The van der Waals surface area contributed by atoms with Crippen LogP contribution in [0.3, 0.4) is 0 Å². The third-order valence-electron chi connectivity index (χ3n) is 2.54. The van der Waals surface area contributed by atoms with Crippen LogP contribution in [-0.2, 0) is 10.0 Å². The lowest BCUT2D eigenvalue weighted by atomic mass is 10.1. The van der Waals surface area contributed by atoms with Crippen molar-refractivity contribution in [3.05, 3.63) is 17.2 Å². The number of sulfonamides is 1. The van der Waals surface area contributed by atoms with Crippen LogP contribution < -0.4 is 15.2 Å². The first-order valence-electron chi connectivity index (χ1n) is 5.28. The third-order valence-corrected chi connectivity index (χ3v) is 4.37. The first kappa shape index (κ1) is 13.8. The van der Waals surface area contributed by atoms with Crippen molar-refractivity contribution in [3.8, 4) is 5.75 Å². The normalized spacial score (nSPS) is 11.5. The Morgan fingerprint density at radius 1 is 1.41 bits per heavy atom. The number of nitrogens with one attached hydrogen (secondary N) is 1. The zero-order valence-corrected chi connectivity index (χ0v) is 11.3. The van der Waals surface area contributed by atoms with E-state index in [9.17, 15) is 8.42 Å². The summed E-state index contributed by atoms with van der Waals surface area (Å²) in [4.78, 5) is 0.234. The van der Waals surface area contributed by atoms with Crippen molar-refractivity contribution < 1.29 is 13.2 Å². The first-order valence-corrected chi connectivity index (χ1v) is 6.76. The highest BCUT2D eigenvalue weighted by atomic mass is 32.2. The number of nitrogens with two attached hydrogens (primary N) is 1. The Morgan fingerprint density at radius 3 is 2.47 bits per heavy atom. The molecule has 5 nitrogen and oxygen atoms in total. The average Bonchev–Trinajstić information content (AvgIpc) is 2.23. The topological polar surface area (TPSA) is 81.4 Å². The Morgan fingerprint density at radius 2 is 2.00 bits per heavy atom. The van der Waals surface area contributed by atoms with Gasteiger partial charge in [0.2, 0.25) is 10.0 Å². The fourth-order valence-electron chi connectivity index (χ4n) is 1.79. The molecule has 96 valence electrons. The molecule has 1 aromatic rings. The maximum atomic E-state index is 12.0. The van der Waals surface area contributed by atoms with E-state index in [4.69, 9.17) is 10.5 Å². The molecule has 0 amide bonds. The Balaban J connectivity index is 3.51. The Bertz CT molecular complexity index is 524. The second-order valence-electron chi connectivity index (χ2n) is 3.76. The molecule has 6 heteroatoms. The summed E-state index contributed by atoms with van der Waals surface area (Å²) in [6, 6.07) is 1.63. The molecule has 0 unspecified atom stereocenters. The van der Waals surface area contributed by atoms with Crippen LogP contribution >= 0.6 is 0 Å². The Hall–Kier alpha value is -1.27. The molecule has 0 atom stereocenters. The molecular formula is C11H18N2O3S. The number of rotatable bonds is 4. The van der Waals surface area contributed by atoms with Crippen molar-refractivity contribution in [3.63, 3.8) is 0 Å². The molecule has 3 N–H and O–H groups in total. The van der Waals surface area contributed by atoms with Gasteiger partial charge in [0.25, 0.3) is 0 Å². The average molecular weight is 258 g/mol. The zero-order valence-electron chi connectivity index (χ0n) is 10.5. The maximum absolute atomic E-state index is 12.0. The standard InChI is InChI=1S/C11H18N2O3S/c1-5-13-17(14,15)11-7(2)6-9(16-4)10(12)8(11)3/h6,13H,5,12H2,1-4H3. The van der Waals surface area contributed by atoms with Crippen molar-refractivity contribution >= 4 is 15.7 Å². The van der Waals surface area contributed by atoms with Crippen LogP contribution in [0.4, 0.5) is 5.69 Å². The predicted octanol–water partition coefficient (Wildman–Crippen LogP) is 1.19. The van der Waals surface area contributed by atoms with Gasteiger partial charge in [-0.25, -0.2) is 13.1 Å². The Labute approximate surface area is 102 Å². The predicted molar refractivity (Wildman–Crippen MR) is 67.7 cm³/mol. The van der Waals surface area contributed by atoms with Gasteiger partial charge in [-0.1, -0.05) is 6.92 Å². The first-order chi connectivity index (χ1) is 7.85. The highest BCUT2D eigenvalue weighted by molar-refractivity contribution is 7.89. The number of methoxy groups -OCH3 is 1. The summed E-state index contributed by atoms with van der Waals surface area (Å²) < 4.78 is 31.6. The molecule has 0 aliphatic heterocycles. The van der Waals surface area contributed by atoms with Gasteiger partial charge < -0.3 is 10.5 Å². The Kier molecular flexibility index (Phi) is 4.00. The number of nitrogen functional groups attached to an aromatic ring is 1. The van der Waals surface area contributed by atoms with Crippen LogP contribution in [0.2, 0.25) is 0 Å². The van der Waals surface area contributed by atoms with E-state index in [0.29, 0.717) is 29.1 Å². The van der Waals surface area contributed by atoms with E-state index < -0.39 is 10.0 Å². The molecule has 0 bridgehead atoms. The monoisotopic (exact) mass is 258 g/mol. The molecule has 0 fully saturated rings. The summed E-state index contributed by atoms with van der Waals surface area (Å²) >= 11 is 0. The van der Waals surface area contributed by atoms with Gasteiger partial charge in [0.1, 0.15) is 5.75 Å². The number of aryl methyl sites for hydroxylation is 1. The minimum absolute atomic E-state index is 0.234. The lowest BCUT2D eigenvalue weighted by Gasteiger charge is -2.15. The fraction of sp³-hybridized carbons (Fsp3) is 0.455. The summed E-state index contributed by atoms with van der Waals surface area (Å²) in [7, 11) is -2.00. The number of hydrogen-bond donors (Lipinski definition) is 2. The third kappa shape index (κ3) is 2.53. The number of anilines is 1. The second-order valence-corrected chi connectivity index (χ2v) is 5.47. The van der Waals surface area contributed by atoms with E-state index in [1.54, 1.807) is 26.8 Å². The van der Waals surface area contributed by atoms with E-state index >= 15 is 0 Å². The SMILES string of the molecule is CCNS(=O)(=O)c1c(C)cc(OC)c(N)c1C. The van der Waals surface area contributed by atoms with Gasteiger partial charge in [0, 0.05) is 6.54 Å². The zero-order chi connectivity index (χ0) is 13.2. The minimum atomic E-state index is -3.50. The lowest BCUT2D eigenvalue weighted by molar-refractivity contribution is 0.416. The van der Waals surface area contributed by atoms with Gasteiger partial charge in [-0.15, -0.1) is 0 Å². The van der Waals surface area contributed by atoms with Crippen LogP contribution in [0.1, 0.15) is 18.1 Å². The van der Waals surface area contributed by atoms with E-state index in [-0.39, 0.29) is 4.90 Å². The summed E-state index contributed by atoms with van der Waals surface area (Å²) in [6.07, 6.45) is 0. The quantitative estimate of drug-likeness (QED) is 0.795. The number of hydrogen-bond acceptors (Lipinski definition) is 4. The van der Waals surface area contributed by atoms with E-state index in [0.717, 1.165) is 0 Å². The van der Waals surface area contributed by atoms with Gasteiger partial charge in [-0.2, -0.15) is 0 Å². The van der Waals surface area contributed by atoms with Crippen molar-refractivity contribution in [2.24, 2.45) is 0 Å². The molecule has 0 spiro atoms. The van der Waals surface area contributed by atoms with Crippen LogP contribution in [0.5, 0.6) is 5.75 Å². The van der Waals surface area contributed by atoms with Crippen LogP contribution in [0, 0.1) is 13.8 Å². The summed E-state index contributed by atoms with van der Waals surface area (Å²) in [5, 5.41) is 0. The molecule has 17 heavy (non-hydrogen) atoms. The fourth-order valence-corrected chi connectivity index (χ4v) is 3.31. The molecule has 0 heterocycles. The smallest absolute Gasteiger partial charge is 0.241 e. The molecular weight excluding hydrogens is 240 g/mol. The summed E-state index contributed by atoms with van der Waals surface area (Å²) in [5.41, 5.74) is 7.33. The highest BCUT2D eigenvalue weighted by Gasteiger charge is 2.22. The van der Waals surface area contributed by atoms with Gasteiger partial charge in [0.05, 0.1) is 17.7 Å². The van der Waals surface area contributed by atoms with Gasteiger partial charge in [-0.3, -0.25) is 0 Å². The van der Waals surface area contributed by atoms with E-state index in [1.807, 2.05) is 0 Å². The minimum Gasteiger partial charge on any atom is -0.495 e. The van der Waals surface area contributed by atoms with E-state index in [2.05, 4.69) is 4.72 Å². The molecule has 0 aliphatic carbocycles. The van der Waals surface area contributed by atoms with Crippen molar-refractivity contribution in [2.45, 2.75) is 25.7 Å². The van der Waals surface area contributed by atoms with Crippen molar-refractivity contribution in [1.82, 2.24) is 4.72 Å². The molecule has 0 saturated heterocycles. The molecule has 1 rings (SSSR count). The van der Waals surface area contributed by atoms with E-state index in [1.165, 1.54) is 7.11 Å². The largest absolute Gasteiger partial charge is 0.495 e.